The summed E-state index contributed by atoms with van der Waals surface area (Å²) in [6.45, 7) is 5.77. The zero-order chi connectivity index (χ0) is 25.8. The van der Waals surface area contributed by atoms with Gasteiger partial charge in [0.2, 0.25) is 0 Å². The molecule has 3 aromatic rings. The molecule has 4 heteroatoms. The Kier molecular flexibility index (Phi) is 10.6. The number of unbranched alkanes of at least 4 members (excludes halogenated alkanes) is 4. The summed E-state index contributed by atoms with van der Waals surface area (Å²) in [5, 5.41) is 9.35. The van der Waals surface area contributed by atoms with Crippen LogP contribution in [0.15, 0.2) is 66.7 Å². The van der Waals surface area contributed by atoms with E-state index in [0.717, 1.165) is 61.0 Å². The van der Waals surface area contributed by atoms with Crippen molar-refractivity contribution in [1.29, 1.82) is 0 Å². The normalized spacial score (nSPS) is 10.5. The van der Waals surface area contributed by atoms with E-state index in [1.54, 1.807) is 6.07 Å². The summed E-state index contributed by atoms with van der Waals surface area (Å²) in [5.41, 5.74) is 4.81. The Morgan fingerprint density at radius 1 is 0.806 bits per heavy atom. The number of anilines is 1. The first-order valence-electron chi connectivity index (χ1n) is 13.0. The molecule has 0 aliphatic heterocycles. The molecule has 0 aliphatic carbocycles. The third-order valence-corrected chi connectivity index (χ3v) is 6.28. The van der Waals surface area contributed by atoms with Gasteiger partial charge in [-0.05, 0) is 72.9 Å². The molecule has 0 radical (unpaired) electrons. The van der Waals surface area contributed by atoms with Crippen molar-refractivity contribution in [3.05, 3.63) is 100 Å². The van der Waals surface area contributed by atoms with Crippen molar-refractivity contribution in [3.63, 3.8) is 0 Å². The van der Waals surface area contributed by atoms with Crippen molar-refractivity contribution in [1.82, 2.24) is 0 Å². The van der Waals surface area contributed by atoms with E-state index in [-0.39, 0.29) is 5.56 Å². The molecule has 36 heavy (non-hydrogen) atoms. The maximum absolute atomic E-state index is 14.0. The predicted molar refractivity (Wildman–Crippen MR) is 146 cm³/mol. The van der Waals surface area contributed by atoms with Crippen LogP contribution < -0.4 is 4.90 Å². The highest BCUT2D eigenvalue weighted by Gasteiger charge is 2.15. The van der Waals surface area contributed by atoms with Crippen LogP contribution in [-0.2, 0) is 13.0 Å². The minimum absolute atomic E-state index is 0.296. The van der Waals surface area contributed by atoms with E-state index in [1.807, 2.05) is 12.1 Å². The van der Waals surface area contributed by atoms with E-state index in [0.29, 0.717) is 6.54 Å². The number of carbonyl (C=O) groups is 1. The fourth-order valence-corrected chi connectivity index (χ4v) is 4.10. The standard InChI is InChI=1S/C32H36FNO2/c1-3-5-7-8-22-34(29-20-21-31(33)30(23-29)32(35)36)24-28-18-16-27(17-19-28)15-14-26-12-10-25(11-13-26)9-6-4-2/h10-13,16-21,23H,3-9,22,24H2,1-2H3,(H,35,36). The molecule has 0 unspecified atom stereocenters. The first-order valence-corrected chi connectivity index (χ1v) is 13.0. The van der Waals surface area contributed by atoms with E-state index in [1.165, 1.54) is 30.5 Å². The third kappa shape index (κ3) is 8.27. The molecular formula is C32H36FNO2. The van der Waals surface area contributed by atoms with E-state index in [4.69, 9.17) is 0 Å². The molecule has 188 valence electrons. The number of rotatable bonds is 12. The van der Waals surface area contributed by atoms with Gasteiger partial charge in [0.15, 0.2) is 0 Å². The van der Waals surface area contributed by atoms with Gasteiger partial charge in [0.1, 0.15) is 5.82 Å². The summed E-state index contributed by atoms with van der Waals surface area (Å²) in [5.74, 6) is 4.52. The molecule has 0 bridgehead atoms. The second kappa shape index (κ2) is 14.1. The van der Waals surface area contributed by atoms with E-state index in [9.17, 15) is 14.3 Å². The lowest BCUT2D eigenvalue weighted by Crippen LogP contribution is -2.24. The predicted octanol–water partition coefficient (Wildman–Crippen LogP) is 7.85. The molecule has 3 aromatic carbocycles. The average Bonchev–Trinajstić information content (AvgIpc) is 2.89. The van der Waals surface area contributed by atoms with Gasteiger partial charge in [0, 0.05) is 29.9 Å². The number of halogens is 1. The summed E-state index contributed by atoms with van der Waals surface area (Å²) in [6.07, 6.45) is 7.91. The maximum Gasteiger partial charge on any atom is 0.338 e. The lowest BCUT2D eigenvalue weighted by molar-refractivity contribution is 0.0692. The number of carboxylic acids is 1. The van der Waals surface area contributed by atoms with Crippen molar-refractivity contribution in [2.75, 3.05) is 11.4 Å². The van der Waals surface area contributed by atoms with Gasteiger partial charge in [-0.25, -0.2) is 9.18 Å². The van der Waals surface area contributed by atoms with Crippen LogP contribution in [0.4, 0.5) is 10.1 Å². The van der Waals surface area contributed by atoms with E-state index in [2.05, 4.69) is 67.0 Å². The van der Waals surface area contributed by atoms with E-state index < -0.39 is 11.8 Å². The van der Waals surface area contributed by atoms with Gasteiger partial charge in [-0.3, -0.25) is 0 Å². The molecule has 1 N–H and O–H groups in total. The Hall–Kier alpha value is -3.58. The van der Waals surface area contributed by atoms with Crippen LogP contribution in [0.3, 0.4) is 0 Å². The fraction of sp³-hybridized carbons (Fsp3) is 0.344. The zero-order valence-electron chi connectivity index (χ0n) is 21.4. The van der Waals surface area contributed by atoms with Crippen molar-refractivity contribution in [2.45, 2.75) is 65.3 Å². The zero-order valence-corrected chi connectivity index (χ0v) is 21.4. The average molecular weight is 486 g/mol. The summed E-state index contributed by atoms with van der Waals surface area (Å²) in [6, 6.07) is 20.9. The summed E-state index contributed by atoms with van der Waals surface area (Å²) < 4.78 is 14.0. The number of aromatic carboxylic acids is 1. The minimum atomic E-state index is -1.25. The maximum atomic E-state index is 14.0. The highest BCUT2D eigenvalue weighted by Crippen LogP contribution is 2.22. The molecular weight excluding hydrogens is 449 g/mol. The Bertz CT molecular complexity index is 1170. The lowest BCUT2D eigenvalue weighted by atomic mass is 10.1. The van der Waals surface area contributed by atoms with Crippen LogP contribution in [0.2, 0.25) is 0 Å². The molecule has 3 nitrogen and oxygen atoms in total. The van der Waals surface area contributed by atoms with Crippen LogP contribution in [0.1, 0.15) is 85.0 Å². The number of hydrogen-bond acceptors (Lipinski definition) is 2. The molecule has 0 heterocycles. The van der Waals surface area contributed by atoms with Gasteiger partial charge in [-0.15, -0.1) is 0 Å². The Balaban J connectivity index is 1.71. The summed E-state index contributed by atoms with van der Waals surface area (Å²) in [4.78, 5) is 13.6. The Labute approximate surface area is 215 Å². The van der Waals surface area contributed by atoms with Gasteiger partial charge in [0.05, 0.1) is 5.56 Å². The van der Waals surface area contributed by atoms with Gasteiger partial charge in [-0.1, -0.05) is 75.6 Å². The quantitative estimate of drug-likeness (QED) is 0.210. The largest absolute Gasteiger partial charge is 0.478 e. The number of aryl methyl sites for hydroxylation is 1. The van der Waals surface area contributed by atoms with Crippen LogP contribution in [0, 0.1) is 17.7 Å². The monoisotopic (exact) mass is 485 g/mol. The van der Waals surface area contributed by atoms with Crippen molar-refractivity contribution >= 4 is 11.7 Å². The molecule has 0 saturated heterocycles. The lowest BCUT2D eigenvalue weighted by Gasteiger charge is -2.25. The van der Waals surface area contributed by atoms with E-state index >= 15 is 0 Å². The first-order chi connectivity index (χ1) is 17.5. The number of carboxylic acid groups (broad SMARTS) is 1. The first kappa shape index (κ1) is 27.0. The second-order valence-corrected chi connectivity index (χ2v) is 9.20. The molecule has 0 fully saturated rings. The van der Waals surface area contributed by atoms with Crippen LogP contribution in [0.5, 0.6) is 0 Å². The van der Waals surface area contributed by atoms with Crippen molar-refractivity contribution in [2.24, 2.45) is 0 Å². The molecule has 0 atom stereocenters. The number of hydrogen-bond donors (Lipinski definition) is 1. The van der Waals surface area contributed by atoms with Crippen molar-refractivity contribution in [3.8, 4) is 11.8 Å². The highest BCUT2D eigenvalue weighted by atomic mass is 19.1. The van der Waals surface area contributed by atoms with Crippen molar-refractivity contribution < 1.29 is 14.3 Å². The second-order valence-electron chi connectivity index (χ2n) is 9.20. The summed E-state index contributed by atoms with van der Waals surface area (Å²) >= 11 is 0. The topological polar surface area (TPSA) is 40.5 Å². The third-order valence-electron chi connectivity index (χ3n) is 6.28. The minimum Gasteiger partial charge on any atom is -0.478 e. The highest BCUT2D eigenvalue weighted by molar-refractivity contribution is 5.89. The molecule has 0 saturated carbocycles. The van der Waals surface area contributed by atoms with Crippen LogP contribution in [-0.4, -0.2) is 17.6 Å². The smallest absolute Gasteiger partial charge is 0.338 e. The Morgan fingerprint density at radius 2 is 1.42 bits per heavy atom. The van der Waals surface area contributed by atoms with Gasteiger partial charge in [0.25, 0.3) is 0 Å². The molecule has 0 spiro atoms. The van der Waals surface area contributed by atoms with Gasteiger partial charge >= 0.3 is 5.97 Å². The Morgan fingerprint density at radius 3 is 2.00 bits per heavy atom. The molecule has 0 aliphatic rings. The molecule has 0 amide bonds. The number of benzene rings is 3. The summed E-state index contributed by atoms with van der Waals surface area (Å²) in [7, 11) is 0. The van der Waals surface area contributed by atoms with Crippen LogP contribution >= 0.6 is 0 Å². The molecule has 3 rings (SSSR count). The van der Waals surface area contributed by atoms with Gasteiger partial charge in [-0.2, -0.15) is 0 Å². The fourth-order valence-electron chi connectivity index (χ4n) is 4.10. The SMILES string of the molecule is CCCCCCN(Cc1ccc(C#Cc2ccc(CCCC)cc2)cc1)c1ccc(F)c(C(=O)O)c1. The molecule has 0 aromatic heterocycles. The number of nitrogens with zero attached hydrogens (tertiary/aromatic N) is 1. The van der Waals surface area contributed by atoms with Crippen LogP contribution in [0.25, 0.3) is 0 Å². The van der Waals surface area contributed by atoms with Gasteiger partial charge < -0.3 is 10.0 Å².